The maximum atomic E-state index is 6.57. The van der Waals surface area contributed by atoms with Crippen LogP contribution in [-0.2, 0) is 14.7 Å². The summed E-state index contributed by atoms with van der Waals surface area (Å²) in [6.07, 6.45) is 18.4. The van der Waals surface area contributed by atoms with E-state index in [2.05, 4.69) is 95.5 Å². The second-order valence-corrected chi connectivity index (χ2v) is 15.2. The lowest BCUT2D eigenvalue weighted by Gasteiger charge is -2.33. The van der Waals surface area contributed by atoms with E-state index in [4.69, 9.17) is 9.31 Å². The van der Waals surface area contributed by atoms with E-state index >= 15 is 0 Å². The molecule has 0 N–H and O–H groups in total. The molecule has 2 heterocycles. The predicted octanol–water partition coefficient (Wildman–Crippen LogP) is 11.5. The van der Waals surface area contributed by atoms with Gasteiger partial charge in [0.15, 0.2) is 0 Å². The fraction of sp³-hybridized carbons (Fsp3) is 0.590. The molecule has 0 radical (unpaired) electrons. The van der Waals surface area contributed by atoms with Gasteiger partial charge < -0.3 is 9.31 Å². The molecule has 1 saturated heterocycles. The third-order valence-corrected chi connectivity index (χ3v) is 11.5. The zero-order valence-electron chi connectivity index (χ0n) is 27.9. The van der Waals surface area contributed by atoms with Crippen molar-refractivity contribution in [3.63, 3.8) is 0 Å². The molecule has 2 aromatic carbocycles. The van der Waals surface area contributed by atoms with Gasteiger partial charge in [-0.3, -0.25) is 0 Å². The molecule has 0 unspecified atom stereocenters. The summed E-state index contributed by atoms with van der Waals surface area (Å²) in [5.74, 6) is 0. The third-order valence-electron chi connectivity index (χ3n) is 10.6. The van der Waals surface area contributed by atoms with E-state index in [1.807, 2.05) is 11.3 Å². The van der Waals surface area contributed by atoms with Gasteiger partial charge in [-0.2, -0.15) is 0 Å². The van der Waals surface area contributed by atoms with Gasteiger partial charge in [0, 0.05) is 10.3 Å². The van der Waals surface area contributed by atoms with Gasteiger partial charge in [0.2, 0.25) is 0 Å². The molecule has 1 fully saturated rings. The molecule has 0 saturated carbocycles. The van der Waals surface area contributed by atoms with Gasteiger partial charge in [-0.05, 0) is 91.3 Å². The summed E-state index contributed by atoms with van der Waals surface area (Å²) < 4.78 is 13.1. The van der Waals surface area contributed by atoms with Crippen LogP contribution in [0.5, 0.6) is 0 Å². The first kappa shape index (κ1) is 32.5. The molecule has 4 heteroatoms. The predicted molar refractivity (Wildman–Crippen MR) is 188 cm³/mol. The van der Waals surface area contributed by atoms with E-state index in [9.17, 15) is 0 Å². The van der Waals surface area contributed by atoms with Crippen LogP contribution in [0.1, 0.15) is 143 Å². The van der Waals surface area contributed by atoms with E-state index in [0.29, 0.717) is 0 Å². The van der Waals surface area contributed by atoms with Crippen LogP contribution in [0.4, 0.5) is 0 Å². The van der Waals surface area contributed by atoms with Gasteiger partial charge >= 0.3 is 7.12 Å². The number of hydrogen-bond acceptors (Lipinski definition) is 3. The molecule has 5 rings (SSSR count). The first-order valence-electron chi connectivity index (χ1n) is 17.4. The van der Waals surface area contributed by atoms with Crippen molar-refractivity contribution in [2.24, 2.45) is 0 Å². The van der Waals surface area contributed by atoms with Crippen molar-refractivity contribution >= 4 is 23.9 Å². The number of hydrogen-bond donors (Lipinski definition) is 0. The van der Waals surface area contributed by atoms with Crippen molar-refractivity contribution in [1.82, 2.24) is 0 Å². The Bertz CT molecular complexity index is 1290. The lowest BCUT2D eigenvalue weighted by molar-refractivity contribution is 0.00578. The van der Waals surface area contributed by atoms with Crippen LogP contribution in [0.25, 0.3) is 21.6 Å². The van der Waals surface area contributed by atoms with E-state index in [1.165, 1.54) is 122 Å². The number of unbranched alkanes of at least 4 members (excludes halogenated alkanes) is 10. The molecule has 1 aliphatic carbocycles. The second-order valence-electron chi connectivity index (χ2n) is 14.2. The molecule has 0 bridgehead atoms. The van der Waals surface area contributed by atoms with Crippen LogP contribution < -0.4 is 5.46 Å². The molecular formula is C39H55BO2S. The number of benzene rings is 2. The molecule has 0 spiro atoms. The molecular weight excluding hydrogens is 543 g/mol. The van der Waals surface area contributed by atoms with E-state index in [1.54, 1.807) is 5.56 Å². The molecule has 0 atom stereocenters. The maximum absolute atomic E-state index is 6.57. The Morgan fingerprint density at radius 3 is 1.72 bits per heavy atom. The minimum atomic E-state index is -0.344. The molecule has 1 aromatic heterocycles. The first-order valence-corrected chi connectivity index (χ1v) is 18.3. The summed E-state index contributed by atoms with van der Waals surface area (Å²) in [5, 5.41) is 2.20. The largest absolute Gasteiger partial charge is 0.494 e. The third kappa shape index (κ3) is 6.87. The zero-order valence-corrected chi connectivity index (χ0v) is 28.7. The summed E-state index contributed by atoms with van der Waals surface area (Å²) >= 11 is 1.85. The topological polar surface area (TPSA) is 18.5 Å². The van der Waals surface area contributed by atoms with Crippen LogP contribution >= 0.6 is 11.3 Å². The molecule has 43 heavy (non-hydrogen) atoms. The van der Waals surface area contributed by atoms with Crippen molar-refractivity contribution in [1.29, 1.82) is 0 Å². The number of thiophene rings is 1. The Morgan fingerprint density at radius 1 is 0.628 bits per heavy atom. The van der Waals surface area contributed by atoms with Gasteiger partial charge in [-0.1, -0.05) is 127 Å². The summed E-state index contributed by atoms with van der Waals surface area (Å²) in [6, 6.07) is 18.9. The lowest BCUT2D eigenvalue weighted by Crippen LogP contribution is -2.41. The van der Waals surface area contributed by atoms with Crippen LogP contribution in [0.2, 0.25) is 0 Å². The average molecular weight is 599 g/mol. The Hall–Kier alpha value is -1.88. The van der Waals surface area contributed by atoms with E-state index in [0.717, 1.165) is 0 Å². The van der Waals surface area contributed by atoms with Crippen molar-refractivity contribution < 1.29 is 9.31 Å². The van der Waals surface area contributed by atoms with Gasteiger partial charge in [-0.15, -0.1) is 11.3 Å². The second kappa shape index (κ2) is 14.0. The van der Waals surface area contributed by atoms with Gasteiger partial charge in [0.25, 0.3) is 0 Å². The van der Waals surface area contributed by atoms with Crippen LogP contribution in [-0.4, -0.2) is 18.3 Å². The van der Waals surface area contributed by atoms with Crippen LogP contribution in [0, 0.1) is 0 Å². The fourth-order valence-electron chi connectivity index (χ4n) is 7.31. The lowest BCUT2D eigenvalue weighted by atomic mass is 9.68. The van der Waals surface area contributed by atoms with Crippen molar-refractivity contribution in [3.8, 4) is 21.6 Å². The zero-order chi connectivity index (χ0) is 30.5. The van der Waals surface area contributed by atoms with Crippen molar-refractivity contribution in [2.75, 3.05) is 0 Å². The molecule has 2 nitrogen and oxygen atoms in total. The average Bonchev–Trinajstić information content (AvgIpc) is 3.67. The monoisotopic (exact) mass is 598 g/mol. The summed E-state index contributed by atoms with van der Waals surface area (Å²) in [7, 11) is -0.332. The molecule has 2 aliphatic rings. The summed E-state index contributed by atoms with van der Waals surface area (Å²) in [6.45, 7) is 13.2. The minimum Gasteiger partial charge on any atom is -0.399 e. The SMILES string of the molecule is CCCCCCCCC1(CCCCCCCC)c2cc(B3OC(C)(C)C(C)(C)O3)ccc2-c2ccc(-c3cccs3)cc21. The van der Waals surface area contributed by atoms with Crippen molar-refractivity contribution in [2.45, 2.75) is 148 Å². The first-order chi connectivity index (χ1) is 20.7. The Balaban J connectivity index is 1.54. The van der Waals surface area contributed by atoms with Crippen molar-refractivity contribution in [3.05, 3.63) is 65.0 Å². The normalized spacial score (nSPS) is 17.8. The highest BCUT2D eigenvalue weighted by Crippen LogP contribution is 2.55. The number of fused-ring (bicyclic) bond motifs is 3. The Labute approximate surface area is 267 Å². The van der Waals surface area contributed by atoms with Crippen LogP contribution in [0.3, 0.4) is 0 Å². The van der Waals surface area contributed by atoms with Gasteiger partial charge in [0.1, 0.15) is 0 Å². The quantitative estimate of drug-likeness (QED) is 0.121. The molecule has 232 valence electrons. The highest BCUT2D eigenvalue weighted by atomic mass is 32.1. The molecule has 0 amide bonds. The van der Waals surface area contributed by atoms with E-state index in [-0.39, 0.29) is 23.7 Å². The highest BCUT2D eigenvalue weighted by molar-refractivity contribution is 7.13. The van der Waals surface area contributed by atoms with Gasteiger partial charge in [-0.25, -0.2) is 0 Å². The molecule has 3 aromatic rings. The summed E-state index contributed by atoms with van der Waals surface area (Å²) in [5.41, 5.74) is 7.81. The van der Waals surface area contributed by atoms with Crippen LogP contribution in [0.15, 0.2) is 53.9 Å². The smallest absolute Gasteiger partial charge is 0.399 e. The standard InChI is InChI=1S/C39H55BO2S/c1-7-9-11-13-15-17-25-39(26-18-16-14-12-10-8-2)34-28-30(36-20-19-27-43-36)21-23-32(34)33-24-22-31(29-35(33)39)40-41-37(3,4)38(5,6)42-40/h19-24,27-29H,7-18,25-26H2,1-6H3. The molecule has 1 aliphatic heterocycles. The summed E-state index contributed by atoms with van der Waals surface area (Å²) in [4.78, 5) is 1.37. The Kier molecular flexibility index (Phi) is 10.6. The Morgan fingerprint density at radius 2 is 1.16 bits per heavy atom. The maximum Gasteiger partial charge on any atom is 0.494 e. The minimum absolute atomic E-state index is 0.0348. The van der Waals surface area contributed by atoms with Gasteiger partial charge in [0.05, 0.1) is 11.2 Å². The fourth-order valence-corrected chi connectivity index (χ4v) is 8.04. The highest BCUT2D eigenvalue weighted by Gasteiger charge is 2.52. The number of rotatable bonds is 16. The van der Waals surface area contributed by atoms with E-state index < -0.39 is 0 Å².